The van der Waals surface area contributed by atoms with Crippen LogP contribution in [0.1, 0.15) is 31.9 Å². The van der Waals surface area contributed by atoms with Crippen LogP contribution in [0.2, 0.25) is 0 Å². The van der Waals surface area contributed by atoms with Crippen molar-refractivity contribution in [2.24, 2.45) is 0 Å². The highest BCUT2D eigenvalue weighted by molar-refractivity contribution is 5.87. The molecule has 0 aliphatic carbocycles. The lowest BCUT2D eigenvalue weighted by Crippen LogP contribution is -2.46. The van der Waals surface area contributed by atoms with Gasteiger partial charge in [0.25, 0.3) is 0 Å². The fourth-order valence-electron chi connectivity index (χ4n) is 2.47. The average molecular weight is 333 g/mol. The number of aliphatic hydroxyl groups is 1. The lowest BCUT2D eigenvalue weighted by Gasteiger charge is -2.29. The predicted molar refractivity (Wildman–Crippen MR) is 88.4 cm³/mol. The third-order valence-corrected chi connectivity index (χ3v) is 4.17. The van der Waals surface area contributed by atoms with Crippen LogP contribution in [0.25, 0.3) is 0 Å². The Kier molecular flexibility index (Phi) is 5.04. The van der Waals surface area contributed by atoms with Crippen molar-refractivity contribution in [1.29, 1.82) is 0 Å². The minimum atomic E-state index is -1.37. The smallest absolute Gasteiger partial charge is 0.230 e. The van der Waals surface area contributed by atoms with E-state index in [-0.39, 0.29) is 12.1 Å². The van der Waals surface area contributed by atoms with Gasteiger partial charge in [0, 0.05) is 5.56 Å². The molecule has 2 aromatic rings. The highest BCUT2D eigenvalue weighted by Crippen LogP contribution is 2.27. The standard InChI is InChI=1S/C19H21F2NO2/c1-18(2,15-6-4-5-7-16(15)21)17(23)22-12-19(3,24)13-8-10-14(20)11-9-13/h4-11,24H,12H2,1-3H3,(H,22,23). The van der Waals surface area contributed by atoms with Crippen molar-refractivity contribution in [1.82, 2.24) is 5.32 Å². The Labute approximate surface area is 140 Å². The van der Waals surface area contributed by atoms with E-state index in [0.717, 1.165) is 0 Å². The molecule has 0 saturated carbocycles. The molecule has 24 heavy (non-hydrogen) atoms. The molecule has 0 spiro atoms. The average Bonchev–Trinajstić information content (AvgIpc) is 2.53. The summed E-state index contributed by atoms with van der Waals surface area (Å²) >= 11 is 0. The summed E-state index contributed by atoms with van der Waals surface area (Å²) < 4.78 is 26.9. The summed E-state index contributed by atoms with van der Waals surface area (Å²) in [5, 5.41) is 13.2. The van der Waals surface area contributed by atoms with Gasteiger partial charge in [-0.05, 0) is 44.5 Å². The minimum absolute atomic E-state index is 0.0741. The van der Waals surface area contributed by atoms with E-state index < -0.39 is 28.6 Å². The van der Waals surface area contributed by atoms with Crippen molar-refractivity contribution in [2.45, 2.75) is 31.8 Å². The SMILES string of the molecule is CC(O)(CNC(=O)C(C)(C)c1ccccc1F)c1ccc(F)cc1. The van der Waals surface area contributed by atoms with Crippen LogP contribution in [-0.4, -0.2) is 17.6 Å². The van der Waals surface area contributed by atoms with Gasteiger partial charge in [-0.2, -0.15) is 0 Å². The summed E-state index contributed by atoms with van der Waals surface area (Å²) in [5.41, 5.74) is -1.70. The quantitative estimate of drug-likeness (QED) is 0.882. The van der Waals surface area contributed by atoms with E-state index in [1.807, 2.05) is 0 Å². The van der Waals surface area contributed by atoms with Crippen molar-refractivity contribution in [3.8, 4) is 0 Å². The predicted octanol–water partition coefficient (Wildman–Crippen LogP) is 3.27. The van der Waals surface area contributed by atoms with Crippen LogP contribution in [0.15, 0.2) is 48.5 Å². The van der Waals surface area contributed by atoms with Gasteiger partial charge in [0.15, 0.2) is 0 Å². The van der Waals surface area contributed by atoms with Gasteiger partial charge < -0.3 is 10.4 Å². The first-order valence-electron chi connectivity index (χ1n) is 7.66. The molecule has 5 heteroatoms. The van der Waals surface area contributed by atoms with E-state index in [1.165, 1.54) is 37.3 Å². The van der Waals surface area contributed by atoms with E-state index in [4.69, 9.17) is 0 Å². The van der Waals surface area contributed by atoms with Gasteiger partial charge in [-0.3, -0.25) is 4.79 Å². The number of rotatable bonds is 5. The molecule has 0 radical (unpaired) electrons. The molecule has 0 heterocycles. The third-order valence-electron chi connectivity index (χ3n) is 4.17. The molecule has 128 valence electrons. The molecule has 0 bridgehead atoms. The molecule has 1 amide bonds. The Bertz CT molecular complexity index is 724. The van der Waals surface area contributed by atoms with Crippen molar-refractivity contribution < 1.29 is 18.7 Å². The van der Waals surface area contributed by atoms with Crippen LogP contribution in [0.3, 0.4) is 0 Å². The fraction of sp³-hybridized carbons (Fsp3) is 0.316. The number of carbonyl (C=O) groups excluding carboxylic acids is 1. The van der Waals surface area contributed by atoms with E-state index in [2.05, 4.69) is 5.32 Å². The van der Waals surface area contributed by atoms with Crippen molar-refractivity contribution in [3.63, 3.8) is 0 Å². The number of nitrogens with one attached hydrogen (secondary N) is 1. The molecule has 2 rings (SSSR count). The molecule has 0 saturated heterocycles. The van der Waals surface area contributed by atoms with Crippen molar-refractivity contribution >= 4 is 5.91 Å². The fourth-order valence-corrected chi connectivity index (χ4v) is 2.47. The molecule has 0 aliphatic heterocycles. The maximum atomic E-state index is 14.0. The van der Waals surface area contributed by atoms with Crippen LogP contribution in [0.5, 0.6) is 0 Å². The molecule has 2 N–H and O–H groups in total. The zero-order valence-electron chi connectivity index (χ0n) is 13.9. The monoisotopic (exact) mass is 333 g/mol. The van der Waals surface area contributed by atoms with Crippen molar-refractivity contribution in [3.05, 3.63) is 71.3 Å². The molecule has 3 nitrogen and oxygen atoms in total. The number of benzene rings is 2. The Morgan fingerprint density at radius 1 is 1.04 bits per heavy atom. The zero-order valence-corrected chi connectivity index (χ0v) is 13.9. The first-order valence-corrected chi connectivity index (χ1v) is 7.66. The molecular weight excluding hydrogens is 312 g/mol. The number of carbonyl (C=O) groups is 1. The second kappa shape index (κ2) is 6.69. The Morgan fingerprint density at radius 2 is 1.62 bits per heavy atom. The lowest BCUT2D eigenvalue weighted by molar-refractivity contribution is -0.127. The van der Waals surface area contributed by atoms with Crippen molar-refractivity contribution in [2.75, 3.05) is 6.54 Å². The first-order chi connectivity index (χ1) is 11.1. The Balaban J connectivity index is 2.12. The first kappa shape index (κ1) is 18.1. The second-order valence-electron chi connectivity index (χ2n) is 6.57. The Morgan fingerprint density at radius 3 is 2.21 bits per heavy atom. The van der Waals surface area contributed by atoms with Gasteiger partial charge in [0.2, 0.25) is 5.91 Å². The molecule has 0 fully saturated rings. The Hall–Kier alpha value is -2.27. The second-order valence-corrected chi connectivity index (χ2v) is 6.57. The van der Waals surface area contributed by atoms with Gasteiger partial charge >= 0.3 is 0 Å². The summed E-state index contributed by atoms with van der Waals surface area (Å²) in [6.07, 6.45) is 0. The molecule has 1 atom stereocenters. The number of hydrogen-bond donors (Lipinski definition) is 2. The number of hydrogen-bond acceptors (Lipinski definition) is 2. The number of halogens is 2. The molecule has 1 unspecified atom stereocenters. The van der Waals surface area contributed by atoms with E-state index >= 15 is 0 Å². The normalized spacial score (nSPS) is 14.1. The lowest BCUT2D eigenvalue weighted by atomic mass is 9.83. The summed E-state index contributed by atoms with van der Waals surface area (Å²) in [6, 6.07) is 11.5. The maximum absolute atomic E-state index is 14.0. The van der Waals surface area contributed by atoms with Crippen LogP contribution in [0.4, 0.5) is 8.78 Å². The molecule has 0 aliphatic rings. The summed E-state index contributed by atoms with van der Waals surface area (Å²) in [4.78, 5) is 12.5. The highest BCUT2D eigenvalue weighted by Gasteiger charge is 2.34. The van der Waals surface area contributed by atoms with E-state index in [9.17, 15) is 18.7 Å². The number of amides is 1. The van der Waals surface area contributed by atoms with Crippen LogP contribution < -0.4 is 5.32 Å². The summed E-state index contributed by atoms with van der Waals surface area (Å²) in [7, 11) is 0. The maximum Gasteiger partial charge on any atom is 0.230 e. The molecule has 2 aromatic carbocycles. The summed E-state index contributed by atoms with van der Waals surface area (Å²) in [6.45, 7) is 4.69. The van der Waals surface area contributed by atoms with Gasteiger partial charge in [-0.1, -0.05) is 30.3 Å². The molecular formula is C19H21F2NO2. The topological polar surface area (TPSA) is 49.3 Å². The van der Waals surface area contributed by atoms with Gasteiger partial charge in [0.1, 0.15) is 17.2 Å². The minimum Gasteiger partial charge on any atom is -0.384 e. The largest absolute Gasteiger partial charge is 0.384 e. The summed E-state index contributed by atoms with van der Waals surface area (Å²) in [5.74, 6) is -1.27. The molecule has 0 aromatic heterocycles. The van der Waals surface area contributed by atoms with Crippen LogP contribution >= 0.6 is 0 Å². The zero-order chi connectivity index (χ0) is 18.0. The van der Waals surface area contributed by atoms with Crippen LogP contribution in [-0.2, 0) is 15.8 Å². The van der Waals surface area contributed by atoms with Gasteiger partial charge in [-0.25, -0.2) is 8.78 Å². The van der Waals surface area contributed by atoms with Crippen LogP contribution in [0, 0.1) is 11.6 Å². The van der Waals surface area contributed by atoms with E-state index in [0.29, 0.717) is 5.56 Å². The highest BCUT2D eigenvalue weighted by atomic mass is 19.1. The van der Waals surface area contributed by atoms with Gasteiger partial charge in [-0.15, -0.1) is 0 Å². The van der Waals surface area contributed by atoms with E-state index in [1.54, 1.807) is 32.0 Å². The third kappa shape index (κ3) is 3.79. The van der Waals surface area contributed by atoms with Gasteiger partial charge in [0.05, 0.1) is 12.0 Å².